The van der Waals surface area contributed by atoms with Gasteiger partial charge in [0.05, 0.1) is 6.20 Å². The van der Waals surface area contributed by atoms with Crippen LogP contribution in [0.15, 0.2) is 35.1 Å². The predicted octanol–water partition coefficient (Wildman–Crippen LogP) is 0.566. The van der Waals surface area contributed by atoms with Gasteiger partial charge in [-0.2, -0.15) is 4.68 Å². The van der Waals surface area contributed by atoms with Gasteiger partial charge in [-0.25, -0.2) is 10.1 Å². The first-order valence-electron chi connectivity index (χ1n) is 7.20. The summed E-state index contributed by atoms with van der Waals surface area (Å²) in [5.74, 6) is -0.976. The van der Waals surface area contributed by atoms with Crippen LogP contribution < -0.4 is 21.3 Å². The van der Waals surface area contributed by atoms with Crippen LogP contribution in [0.25, 0.3) is 5.82 Å². The van der Waals surface area contributed by atoms with E-state index in [0.29, 0.717) is 5.56 Å². The fraction of sp³-hybridized carbons (Fsp3) is 0.154. The number of benzene rings is 1. The fourth-order valence-electron chi connectivity index (χ4n) is 1.96. The van der Waals surface area contributed by atoms with Gasteiger partial charge in [-0.3, -0.25) is 10.2 Å². The molecule has 1 aromatic carbocycles. The lowest BCUT2D eigenvalue weighted by Crippen LogP contribution is -2.37. The first-order chi connectivity index (χ1) is 12.8. The van der Waals surface area contributed by atoms with Gasteiger partial charge in [0.1, 0.15) is 5.75 Å². The standard InChI is InChI=1S/C13H11F3N8O3/c14-13(15,16)26-8-3-1-2-7(4-8)5-18-20-12(25)9-6-24(23-19-9)11-10(17)21-27-22-11/h1-4,6,18H,5H2,(H2,17,21)(H,20,25). The van der Waals surface area contributed by atoms with E-state index in [1.165, 1.54) is 24.4 Å². The zero-order valence-electron chi connectivity index (χ0n) is 13.3. The number of nitrogens with one attached hydrogen (secondary N) is 2. The van der Waals surface area contributed by atoms with Crippen LogP contribution >= 0.6 is 0 Å². The summed E-state index contributed by atoms with van der Waals surface area (Å²) in [5.41, 5.74) is 10.8. The largest absolute Gasteiger partial charge is 0.573 e. The highest BCUT2D eigenvalue weighted by Gasteiger charge is 2.31. The minimum atomic E-state index is -4.78. The molecular formula is C13H11F3N8O3. The lowest BCUT2D eigenvalue weighted by Gasteiger charge is -2.10. The van der Waals surface area contributed by atoms with E-state index in [0.717, 1.165) is 4.68 Å². The fourth-order valence-corrected chi connectivity index (χ4v) is 1.96. The van der Waals surface area contributed by atoms with E-state index in [-0.39, 0.29) is 29.6 Å². The molecule has 0 aliphatic carbocycles. The molecule has 2 heterocycles. The number of rotatable bonds is 6. The maximum atomic E-state index is 12.2. The van der Waals surface area contributed by atoms with Crippen molar-refractivity contribution < 1.29 is 27.3 Å². The smallest absolute Gasteiger partial charge is 0.406 e. The molecule has 3 aromatic rings. The van der Waals surface area contributed by atoms with Crippen LogP contribution in [0.1, 0.15) is 16.1 Å². The molecule has 0 saturated carbocycles. The molecule has 27 heavy (non-hydrogen) atoms. The third-order valence-corrected chi connectivity index (χ3v) is 3.07. The van der Waals surface area contributed by atoms with Crippen LogP contribution in [0.4, 0.5) is 19.0 Å². The van der Waals surface area contributed by atoms with Gasteiger partial charge >= 0.3 is 6.36 Å². The van der Waals surface area contributed by atoms with Crippen LogP contribution in [-0.2, 0) is 6.54 Å². The van der Waals surface area contributed by atoms with Gasteiger partial charge in [-0.05, 0) is 28.0 Å². The molecule has 0 fully saturated rings. The summed E-state index contributed by atoms with van der Waals surface area (Å²) in [7, 11) is 0. The van der Waals surface area contributed by atoms with Gasteiger partial charge in [0.25, 0.3) is 5.91 Å². The highest BCUT2D eigenvalue weighted by atomic mass is 19.4. The number of carbonyl (C=O) groups is 1. The first kappa shape index (κ1) is 18.1. The van der Waals surface area contributed by atoms with E-state index in [9.17, 15) is 18.0 Å². The lowest BCUT2D eigenvalue weighted by atomic mass is 10.2. The van der Waals surface area contributed by atoms with Gasteiger partial charge in [0.2, 0.25) is 11.6 Å². The van der Waals surface area contributed by atoms with Gasteiger partial charge in [-0.15, -0.1) is 18.3 Å². The summed E-state index contributed by atoms with van der Waals surface area (Å²) in [6, 6.07) is 5.29. The number of hydrazine groups is 1. The van der Waals surface area contributed by atoms with Gasteiger partial charge < -0.3 is 10.5 Å². The summed E-state index contributed by atoms with van der Waals surface area (Å²) in [6.07, 6.45) is -3.54. The summed E-state index contributed by atoms with van der Waals surface area (Å²) in [4.78, 5) is 12.0. The molecule has 4 N–H and O–H groups in total. The summed E-state index contributed by atoms with van der Waals surface area (Å²) in [5, 5.41) is 14.2. The second kappa shape index (κ2) is 7.28. The number of anilines is 1. The predicted molar refractivity (Wildman–Crippen MR) is 81.1 cm³/mol. The van der Waals surface area contributed by atoms with Crippen molar-refractivity contribution in [1.29, 1.82) is 0 Å². The summed E-state index contributed by atoms with van der Waals surface area (Å²) < 4.78 is 46.0. The number of amides is 1. The van der Waals surface area contributed by atoms with E-state index < -0.39 is 12.3 Å². The Kier molecular flexibility index (Phi) is 4.89. The van der Waals surface area contributed by atoms with E-state index >= 15 is 0 Å². The minimum Gasteiger partial charge on any atom is -0.406 e. The Morgan fingerprint density at radius 3 is 2.85 bits per heavy atom. The van der Waals surface area contributed by atoms with Gasteiger partial charge in [-0.1, -0.05) is 17.3 Å². The molecule has 11 nitrogen and oxygen atoms in total. The van der Waals surface area contributed by atoms with E-state index in [2.05, 4.69) is 40.8 Å². The monoisotopic (exact) mass is 384 g/mol. The Morgan fingerprint density at radius 2 is 2.15 bits per heavy atom. The van der Waals surface area contributed by atoms with Crippen molar-refractivity contribution in [3.05, 3.63) is 41.7 Å². The first-order valence-corrected chi connectivity index (χ1v) is 7.20. The molecule has 3 rings (SSSR count). The summed E-state index contributed by atoms with van der Waals surface area (Å²) >= 11 is 0. The lowest BCUT2D eigenvalue weighted by molar-refractivity contribution is -0.274. The molecule has 0 aliphatic rings. The van der Waals surface area contributed by atoms with Gasteiger partial charge in [0, 0.05) is 6.54 Å². The second-order valence-electron chi connectivity index (χ2n) is 5.02. The number of alkyl halides is 3. The van der Waals surface area contributed by atoms with Crippen molar-refractivity contribution in [1.82, 2.24) is 36.2 Å². The highest BCUT2D eigenvalue weighted by Crippen LogP contribution is 2.23. The molecule has 0 unspecified atom stereocenters. The van der Waals surface area contributed by atoms with Crippen LogP contribution in [0.5, 0.6) is 5.75 Å². The number of hydrogen-bond acceptors (Lipinski definition) is 9. The Morgan fingerprint density at radius 1 is 1.33 bits per heavy atom. The van der Waals surface area contributed by atoms with Crippen molar-refractivity contribution in [2.75, 3.05) is 5.73 Å². The molecule has 142 valence electrons. The molecule has 14 heteroatoms. The average molecular weight is 384 g/mol. The Bertz CT molecular complexity index is 939. The van der Waals surface area contributed by atoms with Crippen molar-refractivity contribution in [3.63, 3.8) is 0 Å². The molecule has 0 saturated heterocycles. The van der Waals surface area contributed by atoms with Crippen LogP contribution in [0.2, 0.25) is 0 Å². The van der Waals surface area contributed by atoms with E-state index in [4.69, 9.17) is 5.73 Å². The third kappa shape index (κ3) is 4.69. The Balaban J connectivity index is 1.55. The van der Waals surface area contributed by atoms with E-state index in [1.807, 2.05) is 0 Å². The molecule has 2 aromatic heterocycles. The number of aromatic nitrogens is 5. The molecule has 0 aliphatic heterocycles. The van der Waals surface area contributed by atoms with Crippen molar-refractivity contribution in [2.45, 2.75) is 12.9 Å². The van der Waals surface area contributed by atoms with Crippen LogP contribution in [0, 0.1) is 0 Å². The van der Waals surface area contributed by atoms with Gasteiger partial charge in [0.15, 0.2) is 5.69 Å². The molecule has 1 amide bonds. The van der Waals surface area contributed by atoms with Crippen molar-refractivity contribution in [2.24, 2.45) is 0 Å². The second-order valence-corrected chi connectivity index (χ2v) is 5.02. The number of ether oxygens (including phenoxy) is 1. The normalized spacial score (nSPS) is 11.4. The number of halogens is 3. The summed E-state index contributed by atoms with van der Waals surface area (Å²) in [6.45, 7) is 0.0368. The number of carbonyl (C=O) groups excluding carboxylic acids is 1. The number of nitrogen functional groups attached to an aromatic ring is 1. The third-order valence-electron chi connectivity index (χ3n) is 3.07. The number of hydrogen-bond donors (Lipinski definition) is 3. The molecule has 0 atom stereocenters. The molecular weight excluding hydrogens is 373 g/mol. The van der Waals surface area contributed by atoms with Crippen LogP contribution in [0.3, 0.4) is 0 Å². The number of nitrogens with two attached hydrogens (primary N) is 1. The SMILES string of the molecule is Nc1nonc1-n1cc(C(=O)NNCc2cccc(OC(F)(F)F)c2)nn1. The van der Waals surface area contributed by atoms with E-state index in [1.54, 1.807) is 6.07 Å². The highest BCUT2D eigenvalue weighted by molar-refractivity contribution is 5.91. The maximum Gasteiger partial charge on any atom is 0.573 e. The van der Waals surface area contributed by atoms with Crippen LogP contribution in [-0.4, -0.2) is 37.6 Å². The molecule has 0 radical (unpaired) electrons. The maximum absolute atomic E-state index is 12.2. The average Bonchev–Trinajstić information content (AvgIpc) is 3.22. The quantitative estimate of drug-likeness (QED) is 0.519. The zero-order chi connectivity index (χ0) is 19.4. The van der Waals surface area contributed by atoms with Crippen molar-refractivity contribution >= 4 is 11.7 Å². The number of nitrogens with zero attached hydrogens (tertiary/aromatic N) is 5. The Labute approximate surface area is 148 Å². The van der Waals surface area contributed by atoms with Crippen molar-refractivity contribution in [3.8, 4) is 11.6 Å². The molecule has 0 bridgehead atoms. The topological polar surface area (TPSA) is 146 Å². The Hall–Kier alpha value is -3.68. The zero-order valence-corrected chi connectivity index (χ0v) is 13.3. The minimum absolute atomic E-state index is 0.0362. The molecule has 0 spiro atoms.